The number of ether oxygens (including phenoxy) is 4. The van der Waals surface area contributed by atoms with Crippen molar-refractivity contribution in [1.82, 2.24) is 25.3 Å². The Balaban J connectivity index is 4.57. The van der Waals surface area contributed by atoms with Gasteiger partial charge in [0.15, 0.2) is 0 Å². The lowest BCUT2D eigenvalue weighted by atomic mass is 10.3. The van der Waals surface area contributed by atoms with Gasteiger partial charge in [-0.15, -0.1) is 6.42 Å². The van der Waals surface area contributed by atoms with Crippen molar-refractivity contribution < 1.29 is 47.7 Å². The summed E-state index contributed by atoms with van der Waals surface area (Å²) in [4.78, 5) is 76.4. The van der Waals surface area contributed by atoms with Crippen LogP contribution in [-0.2, 0) is 47.7 Å². The molecule has 0 spiro atoms. The third kappa shape index (κ3) is 21.9. The molecular weight excluding hydrogens is 578 g/mol. The van der Waals surface area contributed by atoms with Gasteiger partial charge < -0.3 is 39.4 Å². The van der Waals surface area contributed by atoms with Gasteiger partial charge in [-0.25, -0.2) is 0 Å². The number of terminal acetylenes is 1. The van der Waals surface area contributed by atoms with E-state index in [0.717, 1.165) is 0 Å². The normalized spacial score (nSPS) is 10.7. The lowest BCUT2D eigenvalue weighted by Gasteiger charge is -2.22. The number of nitrogens with zero attached hydrogens (tertiary/aromatic N) is 3. The summed E-state index contributed by atoms with van der Waals surface area (Å²) in [6.45, 7) is 3.95. The number of amides is 2. The first-order valence-corrected chi connectivity index (χ1v) is 14.5. The SMILES string of the molecule is C#CCN(CCC(=O)NCCN(CCC(=O)OC)CCC(=O)OC)CCC(=O)NCCN(CCC(=O)OC)CCC(=O)OC. The number of hydrogen-bond acceptors (Lipinski definition) is 13. The van der Waals surface area contributed by atoms with Crippen LogP contribution in [0.25, 0.3) is 0 Å². The van der Waals surface area contributed by atoms with Crippen LogP contribution in [0.1, 0.15) is 38.5 Å². The number of nitrogens with one attached hydrogen (secondary N) is 2. The largest absolute Gasteiger partial charge is 0.469 e. The molecule has 0 aromatic rings. The summed E-state index contributed by atoms with van der Waals surface area (Å²) in [5, 5.41) is 5.65. The number of esters is 4. The maximum atomic E-state index is 12.4. The Bertz CT molecular complexity index is 834. The second-order valence-corrected chi connectivity index (χ2v) is 9.67. The van der Waals surface area contributed by atoms with Gasteiger partial charge in [0.05, 0.1) is 60.7 Å². The summed E-state index contributed by atoms with van der Waals surface area (Å²) in [6.07, 6.45) is 6.44. The second kappa shape index (κ2) is 25.7. The number of carbonyl (C=O) groups is 6. The Kier molecular flexibility index (Phi) is 23.5. The molecule has 250 valence electrons. The Morgan fingerprint density at radius 3 is 1.07 bits per heavy atom. The van der Waals surface area contributed by atoms with E-state index in [0.29, 0.717) is 65.4 Å². The first-order chi connectivity index (χ1) is 21.1. The Morgan fingerprint density at radius 1 is 0.500 bits per heavy atom. The van der Waals surface area contributed by atoms with E-state index >= 15 is 0 Å². The van der Waals surface area contributed by atoms with Crippen molar-refractivity contribution in [2.45, 2.75) is 38.5 Å². The molecule has 15 heteroatoms. The van der Waals surface area contributed by atoms with Crippen LogP contribution in [-0.4, -0.2) is 151 Å². The average molecular weight is 628 g/mol. The highest BCUT2D eigenvalue weighted by Crippen LogP contribution is 2.00. The van der Waals surface area contributed by atoms with E-state index in [1.165, 1.54) is 28.4 Å². The summed E-state index contributed by atoms with van der Waals surface area (Å²) >= 11 is 0. The molecule has 0 fully saturated rings. The average Bonchev–Trinajstić information content (AvgIpc) is 3.03. The predicted octanol–water partition coefficient (Wildman–Crippen LogP) is -1.21. The quantitative estimate of drug-likeness (QED) is 0.0702. The number of methoxy groups -OCH3 is 4. The van der Waals surface area contributed by atoms with Gasteiger partial charge in [-0.3, -0.25) is 33.7 Å². The molecule has 0 aliphatic heterocycles. The molecule has 0 aromatic heterocycles. The van der Waals surface area contributed by atoms with Crippen molar-refractivity contribution >= 4 is 35.7 Å². The Labute approximate surface area is 260 Å². The van der Waals surface area contributed by atoms with Crippen molar-refractivity contribution in [2.75, 3.05) is 100 Å². The zero-order valence-electron chi connectivity index (χ0n) is 26.5. The Morgan fingerprint density at radius 2 is 0.795 bits per heavy atom. The van der Waals surface area contributed by atoms with Gasteiger partial charge in [0.1, 0.15) is 0 Å². The van der Waals surface area contributed by atoms with E-state index < -0.39 is 0 Å². The molecule has 0 atom stereocenters. The van der Waals surface area contributed by atoms with E-state index in [9.17, 15) is 28.8 Å². The highest BCUT2D eigenvalue weighted by Gasteiger charge is 2.15. The van der Waals surface area contributed by atoms with Crippen molar-refractivity contribution in [3.63, 3.8) is 0 Å². The summed E-state index contributed by atoms with van der Waals surface area (Å²) in [7, 11) is 5.22. The number of carbonyl (C=O) groups excluding carboxylic acids is 6. The highest BCUT2D eigenvalue weighted by atomic mass is 16.5. The molecule has 44 heavy (non-hydrogen) atoms. The van der Waals surface area contributed by atoms with Gasteiger partial charge in [0.25, 0.3) is 0 Å². The molecule has 0 bridgehead atoms. The zero-order chi connectivity index (χ0) is 33.2. The molecule has 0 aliphatic carbocycles. The van der Waals surface area contributed by atoms with E-state index in [1.54, 1.807) is 0 Å². The monoisotopic (exact) mass is 627 g/mol. The standard InChI is InChI=1S/C29H49N5O10/c1-6-15-32(16-7-24(35)30-13-22-33(18-9-26(37)41-2)19-10-27(38)42-3)17-8-25(36)31-14-23-34(20-11-28(39)43-4)21-12-29(40)44-5/h1H,7-23H2,2-5H3,(H,30,35)(H,31,36). The summed E-state index contributed by atoms with van der Waals surface area (Å²) in [5.41, 5.74) is 0. The Hall–Kier alpha value is -3.74. The molecule has 0 radical (unpaired) electrons. The predicted molar refractivity (Wildman–Crippen MR) is 160 cm³/mol. The lowest BCUT2D eigenvalue weighted by molar-refractivity contribution is -0.142. The molecule has 0 heterocycles. The van der Waals surface area contributed by atoms with Gasteiger partial charge >= 0.3 is 23.9 Å². The van der Waals surface area contributed by atoms with Crippen LogP contribution >= 0.6 is 0 Å². The summed E-state index contributed by atoms with van der Waals surface area (Å²) < 4.78 is 18.7. The van der Waals surface area contributed by atoms with Crippen LogP contribution in [0, 0.1) is 12.3 Å². The molecule has 2 amide bonds. The summed E-state index contributed by atoms with van der Waals surface area (Å²) in [6, 6.07) is 0. The van der Waals surface area contributed by atoms with E-state index in [-0.39, 0.29) is 80.8 Å². The molecule has 2 N–H and O–H groups in total. The van der Waals surface area contributed by atoms with Gasteiger partial charge in [-0.1, -0.05) is 5.92 Å². The van der Waals surface area contributed by atoms with Crippen molar-refractivity contribution in [1.29, 1.82) is 0 Å². The first-order valence-electron chi connectivity index (χ1n) is 14.5. The molecule has 0 rings (SSSR count). The number of rotatable bonds is 25. The minimum absolute atomic E-state index is 0.156. The van der Waals surface area contributed by atoms with E-state index in [2.05, 4.69) is 35.5 Å². The molecule has 0 aliphatic rings. The zero-order valence-corrected chi connectivity index (χ0v) is 26.5. The smallest absolute Gasteiger partial charge is 0.306 e. The molecule has 15 nitrogen and oxygen atoms in total. The minimum atomic E-state index is -0.368. The minimum Gasteiger partial charge on any atom is -0.469 e. The van der Waals surface area contributed by atoms with E-state index in [1.807, 2.05) is 14.7 Å². The van der Waals surface area contributed by atoms with Crippen molar-refractivity contribution in [3.05, 3.63) is 0 Å². The maximum absolute atomic E-state index is 12.4. The van der Waals surface area contributed by atoms with Gasteiger partial charge in [0.2, 0.25) is 11.8 Å². The fourth-order valence-corrected chi connectivity index (χ4v) is 3.88. The van der Waals surface area contributed by atoms with Crippen LogP contribution in [0.3, 0.4) is 0 Å². The molecule has 0 aromatic carbocycles. The number of hydrogen-bond donors (Lipinski definition) is 2. The van der Waals surface area contributed by atoms with E-state index in [4.69, 9.17) is 6.42 Å². The maximum Gasteiger partial charge on any atom is 0.306 e. The third-order valence-electron chi connectivity index (χ3n) is 6.56. The highest BCUT2D eigenvalue weighted by molar-refractivity contribution is 5.76. The molecule has 0 saturated carbocycles. The first kappa shape index (κ1) is 40.3. The van der Waals surface area contributed by atoms with Crippen LogP contribution in [0.4, 0.5) is 0 Å². The fraction of sp³-hybridized carbons (Fsp3) is 0.724. The third-order valence-corrected chi connectivity index (χ3v) is 6.56. The van der Waals surface area contributed by atoms with Gasteiger partial charge in [0, 0.05) is 78.3 Å². The molecular formula is C29H49N5O10. The van der Waals surface area contributed by atoms with Crippen LogP contribution in [0.5, 0.6) is 0 Å². The molecule has 0 unspecified atom stereocenters. The van der Waals surface area contributed by atoms with Crippen LogP contribution < -0.4 is 10.6 Å². The second-order valence-electron chi connectivity index (χ2n) is 9.67. The van der Waals surface area contributed by atoms with Crippen molar-refractivity contribution in [3.8, 4) is 12.3 Å². The summed E-state index contributed by atoms with van der Waals surface area (Å²) in [5.74, 6) is 0.674. The topological polar surface area (TPSA) is 173 Å². The molecule has 0 saturated heterocycles. The lowest BCUT2D eigenvalue weighted by Crippen LogP contribution is -2.39. The van der Waals surface area contributed by atoms with Crippen LogP contribution in [0.15, 0.2) is 0 Å². The van der Waals surface area contributed by atoms with Gasteiger partial charge in [-0.05, 0) is 0 Å². The van der Waals surface area contributed by atoms with Gasteiger partial charge in [-0.2, -0.15) is 0 Å². The fourth-order valence-electron chi connectivity index (χ4n) is 3.88. The van der Waals surface area contributed by atoms with Crippen molar-refractivity contribution in [2.24, 2.45) is 0 Å². The van der Waals surface area contributed by atoms with Crippen LogP contribution in [0.2, 0.25) is 0 Å².